The fraction of sp³-hybridized carbons (Fsp3) is 0.407. The molecule has 0 saturated carbocycles. The Morgan fingerprint density at radius 2 is 1.56 bits per heavy atom. The maximum Gasteiger partial charge on any atom is 0.490 e. The molecule has 0 unspecified atom stereocenters. The third-order valence-corrected chi connectivity index (χ3v) is 6.32. The second-order valence-electron chi connectivity index (χ2n) is 9.39. The molecule has 1 heterocycles. The predicted octanol–water partition coefficient (Wildman–Crippen LogP) is 2.67. The number of carbonyl (C=O) groups excluding carboxylic acids is 3. The highest BCUT2D eigenvalue weighted by Gasteiger charge is 2.39. The molecule has 2 aromatic rings. The average Bonchev–Trinajstić information content (AvgIpc) is 3.38. The van der Waals surface area contributed by atoms with Crippen LogP contribution in [-0.4, -0.2) is 98.3 Å². The van der Waals surface area contributed by atoms with Crippen molar-refractivity contribution >= 4 is 29.4 Å². The van der Waals surface area contributed by atoms with Crippen molar-refractivity contribution in [2.45, 2.75) is 30.7 Å². The van der Waals surface area contributed by atoms with Crippen LogP contribution in [0.4, 0.5) is 23.2 Å². The van der Waals surface area contributed by atoms with Crippen molar-refractivity contribution in [2.75, 3.05) is 46.2 Å². The number of rotatable bonds is 7. The van der Waals surface area contributed by atoms with Gasteiger partial charge in [0.1, 0.15) is 18.0 Å². The molecule has 3 N–H and O–H groups in total. The lowest BCUT2D eigenvalue weighted by atomic mass is 9.89. The van der Waals surface area contributed by atoms with E-state index in [0.717, 1.165) is 0 Å². The Morgan fingerprint density at radius 3 is 1.98 bits per heavy atom. The van der Waals surface area contributed by atoms with E-state index in [1.54, 1.807) is 76.8 Å². The summed E-state index contributed by atoms with van der Waals surface area (Å²) < 4.78 is 50.5. The summed E-state index contributed by atoms with van der Waals surface area (Å²) in [4.78, 5) is 51.9. The first-order valence-electron chi connectivity index (χ1n) is 12.3. The maximum absolute atomic E-state index is 13.6. The normalized spacial score (nSPS) is 16.1. The van der Waals surface area contributed by atoms with E-state index >= 15 is 0 Å². The lowest BCUT2D eigenvalue weighted by Gasteiger charge is -2.29. The number of carboxylic acid groups (broad SMARTS) is 1. The number of hydrogen-bond acceptors (Lipinski definition) is 6. The van der Waals surface area contributed by atoms with Crippen molar-refractivity contribution in [1.82, 2.24) is 9.80 Å². The van der Waals surface area contributed by atoms with E-state index in [1.165, 1.54) is 14.7 Å². The lowest BCUT2D eigenvalue weighted by Crippen LogP contribution is -2.50. The summed E-state index contributed by atoms with van der Waals surface area (Å²) in [5.74, 6) is -4.02. The molecule has 1 aliphatic rings. The molecule has 10 nitrogen and oxygen atoms in total. The number of carboxylic acids is 1. The minimum atomic E-state index is -5.08. The molecule has 2 aromatic carbocycles. The van der Waals surface area contributed by atoms with Crippen molar-refractivity contribution in [3.63, 3.8) is 0 Å². The molecule has 1 aliphatic heterocycles. The zero-order valence-electron chi connectivity index (χ0n) is 22.9. The zero-order valence-corrected chi connectivity index (χ0v) is 22.9. The summed E-state index contributed by atoms with van der Waals surface area (Å²) in [6.45, 7) is 0.278. The number of carbonyl (C=O) groups is 4. The molecule has 3 amide bonds. The fourth-order valence-corrected chi connectivity index (χ4v) is 4.00. The lowest BCUT2D eigenvalue weighted by molar-refractivity contribution is -0.192. The molecule has 0 aliphatic carbocycles. The number of nitrogens with two attached hydrogens (primary N) is 1. The van der Waals surface area contributed by atoms with Crippen molar-refractivity contribution < 1.29 is 46.6 Å². The molecule has 224 valence electrons. The topological polar surface area (TPSA) is 133 Å². The number of halogens is 4. The first-order chi connectivity index (χ1) is 19.1. The van der Waals surface area contributed by atoms with E-state index in [-0.39, 0.29) is 31.3 Å². The van der Waals surface area contributed by atoms with Crippen LogP contribution in [0.15, 0.2) is 48.5 Å². The Hall–Kier alpha value is -4.20. The Bertz CT molecular complexity index is 1220. The molecule has 3 atom stereocenters. The molecule has 3 rings (SSSR count). The van der Waals surface area contributed by atoms with E-state index in [9.17, 15) is 31.9 Å². The number of hydrogen-bond donors (Lipinski definition) is 2. The highest BCUT2D eigenvalue weighted by molar-refractivity contribution is 6.05. The van der Waals surface area contributed by atoms with Gasteiger partial charge in [0.05, 0.1) is 19.6 Å². The number of amides is 3. The zero-order chi connectivity index (χ0) is 31.1. The highest BCUT2D eigenvalue weighted by atomic mass is 19.4. The summed E-state index contributed by atoms with van der Waals surface area (Å²) in [6, 6.07) is 12.4. The van der Waals surface area contributed by atoms with Gasteiger partial charge < -0.3 is 30.3 Å². The number of benzene rings is 2. The van der Waals surface area contributed by atoms with Crippen LogP contribution in [0.25, 0.3) is 0 Å². The van der Waals surface area contributed by atoms with Gasteiger partial charge in [0.2, 0.25) is 11.8 Å². The smallest absolute Gasteiger partial charge is 0.490 e. The van der Waals surface area contributed by atoms with E-state index in [1.807, 2.05) is 0 Å². The minimum absolute atomic E-state index is 0.00733. The summed E-state index contributed by atoms with van der Waals surface area (Å²) >= 11 is 0. The molecule has 0 radical (unpaired) electrons. The van der Waals surface area contributed by atoms with Gasteiger partial charge in [-0.1, -0.05) is 12.1 Å². The van der Waals surface area contributed by atoms with E-state index in [2.05, 4.69) is 0 Å². The van der Waals surface area contributed by atoms with Crippen molar-refractivity contribution in [3.8, 4) is 5.75 Å². The van der Waals surface area contributed by atoms with Crippen molar-refractivity contribution in [3.05, 3.63) is 59.7 Å². The summed E-state index contributed by atoms with van der Waals surface area (Å²) in [6.07, 6.45) is -5.88. The van der Waals surface area contributed by atoms with Gasteiger partial charge in [-0.2, -0.15) is 13.2 Å². The Morgan fingerprint density at radius 1 is 1.02 bits per heavy atom. The number of nitrogens with zero attached hydrogens (tertiary/aromatic N) is 3. The average molecular weight is 585 g/mol. The predicted molar refractivity (Wildman–Crippen MR) is 141 cm³/mol. The van der Waals surface area contributed by atoms with Gasteiger partial charge in [0.15, 0.2) is 0 Å². The highest BCUT2D eigenvalue weighted by Crippen LogP contribution is 2.27. The third kappa shape index (κ3) is 8.64. The second kappa shape index (κ2) is 13.9. The number of likely N-dealkylation sites (tertiary alicyclic amines) is 1. The monoisotopic (exact) mass is 584 g/mol. The standard InChI is InChI=1S/C25H31FN4O4.C2HF3O2/c1-28(2)24(32)21(22(27)25(33)30-14-13-18(26)15-30)16-5-9-19(10-6-16)29(3)23(31)17-7-11-20(34-4)12-8-17;3-2(4,5)1(6)7/h5-12,18,21-22H,13-15,27H2,1-4H3;(H,6,7)/t18-,21-,22-;/m0./s1. The van der Waals surface area contributed by atoms with Gasteiger partial charge >= 0.3 is 12.1 Å². The van der Waals surface area contributed by atoms with Gasteiger partial charge in [-0.25, -0.2) is 9.18 Å². The largest absolute Gasteiger partial charge is 0.497 e. The number of methoxy groups -OCH3 is 1. The van der Waals surface area contributed by atoms with Crippen LogP contribution in [-0.2, 0) is 14.4 Å². The SMILES string of the molecule is COc1ccc(C(=O)N(C)c2ccc([C@H](C(=O)N(C)C)[C@H](N)C(=O)N3CC[C@H](F)C3)cc2)cc1.O=C(O)C(F)(F)F. The first-order valence-corrected chi connectivity index (χ1v) is 12.3. The van der Waals surface area contributed by atoms with Crippen LogP contribution in [0.3, 0.4) is 0 Å². The minimum Gasteiger partial charge on any atom is -0.497 e. The molecule has 1 fully saturated rings. The fourth-order valence-electron chi connectivity index (χ4n) is 4.00. The van der Waals surface area contributed by atoms with Crippen molar-refractivity contribution in [1.29, 1.82) is 0 Å². The molecule has 0 bridgehead atoms. The molecule has 41 heavy (non-hydrogen) atoms. The maximum atomic E-state index is 13.6. The summed E-state index contributed by atoms with van der Waals surface area (Å²) in [5.41, 5.74) is 7.92. The van der Waals surface area contributed by atoms with Crippen LogP contribution in [0, 0.1) is 0 Å². The van der Waals surface area contributed by atoms with Crippen LogP contribution in [0.1, 0.15) is 28.3 Å². The Labute approximate surface area is 234 Å². The number of anilines is 1. The molecular weight excluding hydrogens is 552 g/mol. The van der Waals surface area contributed by atoms with Gasteiger partial charge in [-0.15, -0.1) is 0 Å². The van der Waals surface area contributed by atoms with E-state index in [0.29, 0.717) is 22.6 Å². The number of ether oxygens (including phenoxy) is 1. The summed E-state index contributed by atoms with van der Waals surface area (Å²) in [7, 11) is 6.40. The molecule has 0 aromatic heterocycles. The molecule has 0 spiro atoms. The van der Waals surface area contributed by atoms with E-state index < -0.39 is 36.2 Å². The molecule has 14 heteroatoms. The first kappa shape index (κ1) is 33.0. The van der Waals surface area contributed by atoms with Crippen LogP contribution >= 0.6 is 0 Å². The van der Waals surface area contributed by atoms with Gasteiger partial charge in [0, 0.05) is 38.9 Å². The number of alkyl halides is 4. The molecule has 1 saturated heterocycles. The summed E-state index contributed by atoms with van der Waals surface area (Å²) in [5, 5.41) is 7.12. The van der Waals surface area contributed by atoms with Crippen molar-refractivity contribution in [2.24, 2.45) is 5.73 Å². The van der Waals surface area contributed by atoms with Crippen LogP contribution in [0.5, 0.6) is 5.75 Å². The second-order valence-corrected chi connectivity index (χ2v) is 9.39. The number of likely N-dealkylation sites (N-methyl/N-ethyl adjacent to an activating group) is 1. The van der Waals surface area contributed by atoms with Crippen LogP contribution < -0.4 is 15.4 Å². The van der Waals surface area contributed by atoms with Crippen LogP contribution in [0.2, 0.25) is 0 Å². The van der Waals surface area contributed by atoms with Gasteiger partial charge in [0.25, 0.3) is 5.91 Å². The quantitative estimate of drug-likeness (QED) is 0.478. The van der Waals surface area contributed by atoms with Gasteiger partial charge in [-0.05, 0) is 48.4 Å². The Kier molecular flexibility index (Phi) is 11.2. The molecular formula is C27H32F4N4O6. The van der Waals surface area contributed by atoms with Gasteiger partial charge in [-0.3, -0.25) is 14.4 Å². The third-order valence-electron chi connectivity index (χ3n) is 6.32. The number of aliphatic carboxylic acids is 1. The Balaban J connectivity index is 0.000000745. The van der Waals surface area contributed by atoms with E-state index in [4.69, 9.17) is 20.4 Å².